The lowest BCUT2D eigenvalue weighted by Crippen LogP contribution is -2.61. The Kier molecular flexibility index (Phi) is 5.42. The molecule has 0 aliphatic carbocycles. The highest BCUT2D eigenvalue weighted by atomic mass is 16.5. The normalized spacial score (nSPS) is 21.7. The highest BCUT2D eigenvalue weighted by molar-refractivity contribution is 4.94. The van der Waals surface area contributed by atoms with Crippen LogP contribution in [-0.2, 0) is 4.74 Å². The van der Waals surface area contributed by atoms with E-state index in [0.717, 1.165) is 32.8 Å². The zero-order chi connectivity index (χ0) is 12.9. The van der Waals surface area contributed by atoms with Gasteiger partial charge in [0.25, 0.3) is 0 Å². The van der Waals surface area contributed by atoms with E-state index in [9.17, 15) is 0 Å². The summed E-state index contributed by atoms with van der Waals surface area (Å²) in [5.74, 6) is 0. The highest BCUT2D eigenvalue weighted by Crippen LogP contribution is 2.25. The van der Waals surface area contributed by atoms with Gasteiger partial charge >= 0.3 is 0 Å². The molecule has 1 fully saturated rings. The molecule has 3 heteroatoms. The summed E-state index contributed by atoms with van der Waals surface area (Å²) >= 11 is 0. The van der Waals surface area contributed by atoms with E-state index in [2.05, 4.69) is 44.8 Å². The fraction of sp³-hybridized carbons (Fsp3) is 1.00. The van der Waals surface area contributed by atoms with E-state index in [1.165, 1.54) is 12.8 Å². The largest absolute Gasteiger partial charge is 0.375 e. The minimum atomic E-state index is -0.0187. The minimum Gasteiger partial charge on any atom is -0.375 e. The van der Waals surface area contributed by atoms with Gasteiger partial charge < -0.3 is 10.1 Å². The third kappa shape index (κ3) is 4.23. The van der Waals surface area contributed by atoms with Crippen molar-refractivity contribution in [3.05, 3.63) is 0 Å². The number of hydrogen-bond donors (Lipinski definition) is 1. The maximum Gasteiger partial charge on any atom is 0.0600 e. The summed E-state index contributed by atoms with van der Waals surface area (Å²) in [6, 6.07) is 0. The van der Waals surface area contributed by atoms with Gasteiger partial charge in [0, 0.05) is 31.7 Å². The van der Waals surface area contributed by atoms with Gasteiger partial charge in [-0.15, -0.1) is 0 Å². The van der Waals surface area contributed by atoms with Crippen LogP contribution in [0.5, 0.6) is 0 Å². The van der Waals surface area contributed by atoms with Crippen molar-refractivity contribution in [3.63, 3.8) is 0 Å². The summed E-state index contributed by atoms with van der Waals surface area (Å²) in [4.78, 5) is 2.62. The van der Waals surface area contributed by atoms with Crippen LogP contribution >= 0.6 is 0 Å². The molecule has 3 nitrogen and oxygen atoms in total. The number of hydrogen-bond acceptors (Lipinski definition) is 3. The number of nitrogens with one attached hydrogen (secondary N) is 1. The van der Waals surface area contributed by atoms with Gasteiger partial charge in [0.15, 0.2) is 0 Å². The summed E-state index contributed by atoms with van der Waals surface area (Å²) in [6.07, 6.45) is 2.43. The topological polar surface area (TPSA) is 24.5 Å². The van der Waals surface area contributed by atoms with Crippen LogP contribution in [0.1, 0.15) is 47.5 Å². The first kappa shape index (κ1) is 14.9. The monoisotopic (exact) mass is 242 g/mol. The molecule has 0 aromatic rings. The molecule has 1 saturated heterocycles. The Balaban J connectivity index is 2.48. The van der Waals surface area contributed by atoms with Crippen molar-refractivity contribution in [2.45, 2.75) is 58.6 Å². The maximum absolute atomic E-state index is 5.85. The number of nitrogens with zero attached hydrogens (tertiary/aromatic N) is 1. The summed E-state index contributed by atoms with van der Waals surface area (Å²) in [5.41, 5.74) is 0.328. The molecular weight excluding hydrogens is 212 g/mol. The summed E-state index contributed by atoms with van der Waals surface area (Å²) < 4.78 is 5.85. The molecule has 0 radical (unpaired) electrons. The van der Waals surface area contributed by atoms with Crippen molar-refractivity contribution in [1.82, 2.24) is 10.2 Å². The van der Waals surface area contributed by atoms with Gasteiger partial charge in [0.2, 0.25) is 0 Å². The van der Waals surface area contributed by atoms with Gasteiger partial charge in [0.05, 0.1) is 12.2 Å². The van der Waals surface area contributed by atoms with Crippen molar-refractivity contribution in [2.75, 3.05) is 32.8 Å². The third-order valence-corrected chi connectivity index (χ3v) is 3.90. The molecule has 17 heavy (non-hydrogen) atoms. The van der Waals surface area contributed by atoms with Crippen LogP contribution in [0.4, 0.5) is 0 Å². The van der Waals surface area contributed by atoms with Gasteiger partial charge in [0.1, 0.15) is 0 Å². The molecule has 0 unspecified atom stereocenters. The maximum atomic E-state index is 5.85. The van der Waals surface area contributed by atoms with Crippen LogP contribution in [0, 0.1) is 0 Å². The number of rotatable bonds is 5. The van der Waals surface area contributed by atoms with E-state index in [1.807, 2.05) is 0 Å². The number of piperazine rings is 1. The van der Waals surface area contributed by atoms with Gasteiger partial charge in [-0.3, -0.25) is 4.90 Å². The van der Waals surface area contributed by atoms with Crippen molar-refractivity contribution < 1.29 is 4.74 Å². The van der Waals surface area contributed by atoms with Crippen LogP contribution in [-0.4, -0.2) is 48.8 Å². The zero-order valence-corrected chi connectivity index (χ0v) is 12.3. The molecule has 102 valence electrons. The molecular formula is C14H30N2O. The lowest BCUT2D eigenvalue weighted by atomic mass is 9.88. The van der Waals surface area contributed by atoms with E-state index in [1.54, 1.807) is 0 Å². The fourth-order valence-electron chi connectivity index (χ4n) is 2.64. The van der Waals surface area contributed by atoms with Crippen molar-refractivity contribution in [1.29, 1.82) is 0 Å². The highest BCUT2D eigenvalue weighted by Gasteiger charge is 2.35. The first-order chi connectivity index (χ1) is 7.93. The van der Waals surface area contributed by atoms with Crippen molar-refractivity contribution >= 4 is 0 Å². The van der Waals surface area contributed by atoms with Crippen LogP contribution in [0.3, 0.4) is 0 Å². The molecule has 0 aromatic carbocycles. The molecule has 1 aliphatic rings. The van der Waals surface area contributed by atoms with Crippen LogP contribution in [0.15, 0.2) is 0 Å². The standard InChI is InChI=1S/C14H30N2O/c1-6-14(7-2)12-15-8-9-16(14)10-11-17-13(3,4)5/h15H,6-12H2,1-5H3. The second-order valence-corrected chi connectivity index (χ2v) is 6.06. The number of ether oxygens (including phenoxy) is 1. The van der Waals surface area contributed by atoms with E-state index in [-0.39, 0.29) is 5.60 Å². The van der Waals surface area contributed by atoms with E-state index in [0.29, 0.717) is 5.54 Å². The Labute approximate surface area is 107 Å². The fourth-order valence-corrected chi connectivity index (χ4v) is 2.64. The van der Waals surface area contributed by atoms with Gasteiger partial charge in [-0.05, 0) is 33.6 Å². The predicted octanol–water partition coefficient (Wildman–Crippen LogP) is 2.27. The molecule has 0 amide bonds. The van der Waals surface area contributed by atoms with E-state index >= 15 is 0 Å². The Hall–Kier alpha value is -0.120. The molecule has 0 aromatic heterocycles. The summed E-state index contributed by atoms with van der Waals surface area (Å²) in [7, 11) is 0. The molecule has 0 spiro atoms. The Morgan fingerprint density at radius 3 is 2.41 bits per heavy atom. The first-order valence-corrected chi connectivity index (χ1v) is 7.03. The van der Waals surface area contributed by atoms with Crippen LogP contribution < -0.4 is 5.32 Å². The molecule has 0 saturated carbocycles. The van der Waals surface area contributed by atoms with Crippen molar-refractivity contribution in [2.24, 2.45) is 0 Å². The average molecular weight is 242 g/mol. The Bertz CT molecular complexity index is 219. The lowest BCUT2D eigenvalue weighted by Gasteiger charge is -2.47. The van der Waals surface area contributed by atoms with Crippen molar-refractivity contribution in [3.8, 4) is 0 Å². The molecule has 0 atom stereocenters. The second-order valence-electron chi connectivity index (χ2n) is 6.06. The third-order valence-electron chi connectivity index (χ3n) is 3.90. The quantitative estimate of drug-likeness (QED) is 0.800. The Morgan fingerprint density at radius 1 is 1.24 bits per heavy atom. The van der Waals surface area contributed by atoms with Gasteiger partial charge in [-0.1, -0.05) is 13.8 Å². The molecule has 1 N–H and O–H groups in total. The van der Waals surface area contributed by atoms with E-state index in [4.69, 9.17) is 4.74 Å². The molecule has 1 rings (SSSR count). The second kappa shape index (κ2) is 6.17. The van der Waals surface area contributed by atoms with Crippen LogP contribution in [0.2, 0.25) is 0 Å². The lowest BCUT2D eigenvalue weighted by molar-refractivity contribution is -0.0364. The van der Waals surface area contributed by atoms with E-state index < -0.39 is 0 Å². The summed E-state index contributed by atoms with van der Waals surface area (Å²) in [6.45, 7) is 16.2. The smallest absolute Gasteiger partial charge is 0.0600 e. The van der Waals surface area contributed by atoms with Gasteiger partial charge in [-0.25, -0.2) is 0 Å². The Morgan fingerprint density at radius 2 is 1.88 bits per heavy atom. The average Bonchev–Trinajstić information content (AvgIpc) is 2.28. The minimum absolute atomic E-state index is 0.0187. The SMILES string of the molecule is CCC1(CC)CNCCN1CCOC(C)(C)C. The van der Waals surface area contributed by atoms with Gasteiger partial charge in [-0.2, -0.15) is 0 Å². The van der Waals surface area contributed by atoms with Crippen LogP contribution in [0.25, 0.3) is 0 Å². The summed E-state index contributed by atoms with van der Waals surface area (Å²) in [5, 5.41) is 3.53. The first-order valence-electron chi connectivity index (χ1n) is 7.03. The molecule has 1 heterocycles. The predicted molar refractivity (Wildman–Crippen MR) is 73.5 cm³/mol. The zero-order valence-electron chi connectivity index (χ0n) is 12.3. The molecule has 1 aliphatic heterocycles. The molecule has 0 bridgehead atoms.